The summed E-state index contributed by atoms with van der Waals surface area (Å²) in [5.41, 5.74) is -0.393. The predicted octanol–water partition coefficient (Wildman–Crippen LogP) is 0.543. The van der Waals surface area contributed by atoms with Gasteiger partial charge in [0.1, 0.15) is 28.6 Å². The highest BCUT2D eigenvalue weighted by atomic mass is 32.1. The summed E-state index contributed by atoms with van der Waals surface area (Å²) in [7, 11) is 2.77. The van der Waals surface area contributed by atoms with Crippen LogP contribution in [0.4, 0.5) is 0 Å². The van der Waals surface area contributed by atoms with Gasteiger partial charge in [-0.3, -0.25) is 19.2 Å². The lowest BCUT2D eigenvalue weighted by molar-refractivity contribution is -0.134. The third-order valence-corrected chi connectivity index (χ3v) is 6.46. The van der Waals surface area contributed by atoms with E-state index < -0.39 is 41.4 Å². The minimum atomic E-state index is -1.14. The first-order valence-electron chi connectivity index (χ1n) is 11.2. The second-order valence-electron chi connectivity index (χ2n) is 8.48. The van der Waals surface area contributed by atoms with E-state index in [0.29, 0.717) is 15.4 Å². The smallest absolute Gasteiger partial charge is 0.263 e. The molecule has 2 aromatic rings. The third kappa shape index (κ3) is 6.94. The van der Waals surface area contributed by atoms with Crippen molar-refractivity contribution in [2.75, 3.05) is 34.0 Å². The van der Waals surface area contributed by atoms with Crippen molar-refractivity contribution >= 4 is 34.8 Å². The zero-order valence-corrected chi connectivity index (χ0v) is 21.3. The molecule has 1 aromatic carbocycles. The topological polar surface area (TPSA) is 148 Å². The van der Waals surface area contributed by atoms with Crippen LogP contribution in [0.5, 0.6) is 0 Å². The van der Waals surface area contributed by atoms with Crippen molar-refractivity contribution < 1.29 is 33.4 Å². The Balaban J connectivity index is 1.72. The van der Waals surface area contributed by atoms with Gasteiger partial charge in [0.25, 0.3) is 5.91 Å². The predicted molar refractivity (Wildman–Crippen MR) is 130 cm³/mol. The Morgan fingerprint density at radius 1 is 1.03 bits per heavy atom. The maximum atomic E-state index is 13.2. The van der Waals surface area contributed by atoms with Crippen molar-refractivity contribution in [2.45, 2.75) is 37.6 Å². The van der Waals surface area contributed by atoms with Crippen molar-refractivity contribution in [1.29, 1.82) is 0 Å². The van der Waals surface area contributed by atoms with Gasteiger partial charge in [-0.1, -0.05) is 30.3 Å². The molecule has 1 saturated heterocycles. The Morgan fingerprint density at radius 2 is 1.61 bits per heavy atom. The van der Waals surface area contributed by atoms with Gasteiger partial charge in [0.2, 0.25) is 11.8 Å². The number of amides is 3. The highest BCUT2D eigenvalue weighted by molar-refractivity contribution is 7.13. The van der Waals surface area contributed by atoms with Gasteiger partial charge in [-0.15, -0.1) is 11.3 Å². The zero-order valence-electron chi connectivity index (χ0n) is 20.5. The minimum Gasteiger partial charge on any atom is -0.382 e. The largest absolute Gasteiger partial charge is 0.382 e. The van der Waals surface area contributed by atoms with Crippen LogP contribution < -0.4 is 16.0 Å². The highest BCUT2D eigenvalue weighted by Crippen LogP contribution is 2.32. The molecule has 12 heteroatoms. The van der Waals surface area contributed by atoms with E-state index in [1.807, 2.05) is 0 Å². The first kappa shape index (κ1) is 27.4. The van der Waals surface area contributed by atoms with Gasteiger partial charge in [0.15, 0.2) is 5.78 Å². The number of Topliss-reactive ketones (excluding diaryl/α,β-unsaturated/α-hetero) is 1. The van der Waals surface area contributed by atoms with E-state index in [1.54, 1.807) is 44.2 Å². The molecule has 36 heavy (non-hydrogen) atoms. The summed E-state index contributed by atoms with van der Waals surface area (Å²) in [6.45, 7) is 3.40. The molecule has 1 fully saturated rings. The lowest BCUT2D eigenvalue weighted by atomic mass is 9.94. The summed E-state index contributed by atoms with van der Waals surface area (Å²) in [4.78, 5) is 56.2. The normalized spacial score (nSPS) is 19.0. The Labute approximate surface area is 212 Å². The fourth-order valence-electron chi connectivity index (χ4n) is 3.41. The minimum absolute atomic E-state index is 0.127. The molecule has 0 saturated carbocycles. The van der Waals surface area contributed by atoms with Gasteiger partial charge >= 0.3 is 0 Å². The van der Waals surface area contributed by atoms with Gasteiger partial charge < -0.3 is 30.2 Å². The standard InChI is InChI=1S/C24H30N4O7S/c1-14-25-10-18(36-14)23(32)27-16(11-33-3)21(30)26-17(12-34-4)22(31)28-19(15-8-6-5-7-9-15)20(29)24(2)13-35-24/h5-10,16-17,19H,11-13H2,1-4H3,(H,26,30)(H,27,32)(H,28,31)/t16-,17-,19?,24+/m0/s1. The summed E-state index contributed by atoms with van der Waals surface area (Å²) in [5.74, 6) is -2.06. The van der Waals surface area contributed by atoms with Crippen molar-refractivity contribution in [1.82, 2.24) is 20.9 Å². The Hall–Kier alpha value is -3.19. The van der Waals surface area contributed by atoms with Crippen LogP contribution in [-0.2, 0) is 28.6 Å². The molecule has 1 aliphatic heterocycles. The number of nitrogens with zero attached hydrogens (tertiary/aromatic N) is 1. The summed E-state index contributed by atoms with van der Waals surface area (Å²) in [6, 6.07) is 5.57. The fourth-order valence-corrected chi connectivity index (χ4v) is 4.09. The number of aromatic nitrogens is 1. The van der Waals surface area contributed by atoms with E-state index in [-0.39, 0.29) is 25.6 Å². The van der Waals surface area contributed by atoms with Crippen LogP contribution >= 0.6 is 11.3 Å². The van der Waals surface area contributed by atoms with Gasteiger partial charge in [-0.05, 0) is 19.4 Å². The average Bonchev–Trinajstić information content (AvgIpc) is 3.47. The van der Waals surface area contributed by atoms with E-state index in [9.17, 15) is 19.2 Å². The molecule has 0 spiro atoms. The summed E-state index contributed by atoms with van der Waals surface area (Å²) < 4.78 is 15.5. The first-order valence-corrected chi connectivity index (χ1v) is 12.0. The maximum Gasteiger partial charge on any atom is 0.263 e. The molecule has 1 unspecified atom stereocenters. The Morgan fingerprint density at radius 3 is 2.14 bits per heavy atom. The number of hydrogen-bond acceptors (Lipinski definition) is 9. The number of aryl methyl sites for hydroxylation is 1. The second kappa shape index (κ2) is 12.2. The molecule has 3 rings (SSSR count). The van der Waals surface area contributed by atoms with Gasteiger partial charge in [-0.25, -0.2) is 4.98 Å². The van der Waals surface area contributed by atoms with Crippen molar-refractivity contribution in [3.8, 4) is 0 Å². The molecular formula is C24H30N4O7S. The average molecular weight is 519 g/mol. The number of carbonyl (C=O) groups excluding carboxylic acids is 4. The molecule has 1 aromatic heterocycles. The number of carbonyl (C=O) groups is 4. The third-order valence-electron chi connectivity index (χ3n) is 5.55. The van der Waals surface area contributed by atoms with Gasteiger partial charge in [0.05, 0.1) is 31.0 Å². The monoisotopic (exact) mass is 518 g/mol. The lowest BCUT2D eigenvalue weighted by Gasteiger charge is -2.25. The number of epoxide rings is 1. The van der Waals surface area contributed by atoms with Crippen molar-refractivity contribution in [3.05, 3.63) is 52.0 Å². The SMILES string of the molecule is COC[C@H](NC(=O)c1cnc(C)s1)C(=O)N[C@@H](COC)C(=O)NC(C(=O)[C@@]1(C)CO1)c1ccccc1. The highest BCUT2D eigenvalue weighted by Gasteiger charge is 2.50. The molecule has 2 heterocycles. The number of ketones is 1. The van der Waals surface area contributed by atoms with E-state index in [4.69, 9.17) is 14.2 Å². The van der Waals surface area contributed by atoms with Crippen molar-refractivity contribution in [3.63, 3.8) is 0 Å². The Kier molecular flexibility index (Phi) is 9.26. The maximum absolute atomic E-state index is 13.2. The molecule has 0 aliphatic carbocycles. The molecule has 1 aliphatic rings. The number of methoxy groups -OCH3 is 2. The first-order chi connectivity index (χ1) is 17.2. The number of rotatable bonds is 13. The molecular weight excluding hydrogens is 488 g/mol. The number of nitrogens with one attached hydrogen (secondary N) is 3. The Bertz CT molecular complexity index is 1090. The fraction of sp³-hybridized carbons (Fsp3) is 0.458. The summed E-state index contributed by atoms with van der Waals surface area (Å²) in [5, 5.41) is 8.62. The molecule has 0 bridgehead atoms. The van der Waals surface area contributed by atoms with Crippen LogP contribution in [-0.4, -0.2) is 80.2 Å². The zero-order chi connectivity index (χ0) is 26.3. The molecule has 3 N–H and O–H groups in total. The van der Waals surface area contributed by atoms with E-state index in [2.05, 4.69) is 20.9 Å². The molecule has 4 atom stereocenters. The second-order valence-corrected chi connectivity index (χ2v) is 9.71. The number of hydrogen-bond donors (Lipinski definition) is 3. The number of thiazole rings is 1. The van der Waals surface area contributed by atoms with Gasteiger partial charge in [-0.2, -0.15) is 0 Å². The number of ether oxygens (including phenoxy) is 3. The van der Waals surface area contributed by atoms with Crippen LogP contribution in [0.3, 0.4) is 0 Å². The summed E-state index contributed by atoms with van der Waals surface area (Å²) in [6.07, 6.45) is 1.42. The van der Waals surface area contributed by atoms with Crippen molar-refractivity contribution in [2.24, 2.45) is 0 Å². The van der Waals surface area contributed by atoms with E-state index >= 15 is 0 Å². The van der Waals surface area contributed by atoms with E-state index in [0.717, 1.165) is 0 Å². The molecule has 3 amide bonds. The van der Waals surface area contributed by atoms with E-state index in [1.165, 1.54) is 31.8 Å². The quantitative estimate of drug-likeness (QED) is 0.326. The van der Waals surface area contributed by atoms with Crippen LogP contribution in [0.15, 0.2) is 36.5 Å². The van der Waals surface area contributed by atoms with Gasteiger partial charge in [0, 0.05) is 14.2 Å². The van der Waals surface area contributed by atoms with Crippen LogP contribution in [0, 0.1) is 6.92 Å². The molecule has 0 radical (unpaired) electrons. The lowest BCUT2D eigenvalue weighted by Crippen LogP contribution is -2.57. The number of benzene rings is 1. The van der Waals surface area contributed by atoms with Crippen LogP contribution in [0.1, 0.15) is 33.2 Å². The van der Waals surface area contributed by atoms with Crippen LogP contribution in [0.2, 0.25) is 0 Å². The molecule has 194 valence electrons. The van der Waals surface area contributed by atoms with Crippen LogP contribution in [0.25, 0.3) is 0 Å². The molecule has 11 nitrogen and oxygen atoms in total. The summed E-state index contributed by atoms with van der Waals surface area (Å²) >= 11 is 1.19.